The minimum Gasteiger partial charge on any atom is -0.475 e. The molecule has 0 saturated carbocycles. The van der Waals surface area contributed by atoms with Gasteiger partial charge in [0.2, 0.25) is 11.7 Å². The van der Waals surface area contributed by atoms with Gasteiger partial charge in [-0.2, -0.15) is 8.78 Å². The molecule has 0 aliphatic rings. The van der Waals surface area contributed by atoms with E-state index >= 15 is 0 Å². The van der Waals surface area contributed by atoms with E-state index in [1.54, 1.807) is 6.07 Å². The van der Waals surface area contributed by atoms with Crippen molar-refractivity contribution in [1.82, 2.24) is 4.98 Å². The number of carbonyl (C=O) groups is 1. The monoisotopic (exact) mass is 269 g/mol. The molecule has 7 heteroatoms. The van der Waals surface area contributed by atoms with Crippen LogP contribution in [0.25, 0.3) is 11.5 Å². The van der Waals surface area contributed by atoms with E-state index in [0.29, 0.717) is 5.56 Å². The van der Waals surface area contributed by atoms with Crippen LogP contribution < -0.4 is 4.74 Å². The molecule has 0 amide bonds. The van der Waals surface area contributed by atoms with Crippen molar-refractivity contribution in [2.24, 2.45) is 0 Å². The van der Waals surface area contributed by atoms with Crippen LogP contribution in [0.1, 0.15) is 16.2 Å². The van der Waals surface area contributed by atoms with Crippen molar-refractivity contribution in [3.05, 3.63) is 35.7 Å². The Bertz CT molecular complexity index is 610. The van der Waals surface area contributed by atoms with Crippen LogP contribution >= 0.6 is 0 Å². The highest BCUT2D eigenvalue weighted by Crippen LogP contribution is 2.26. The van der Waals surface area contributed by atoms with Crippen molar-refractivity contribution in [3.63, 3.8) is 0 Å². The largest absolute Gasteiger partial charge is 0.475 e. The molecule has 2 aromatic rings. The zero-order valence-corrected chi connectivity index (χ0v) is 9.76. The maximum Gasteiger partial charge on any atom is 0.387 e. The number of alkyl halides is 2. The molecule has 5 nitrogen and oxygen atoms in total. The molecule has 0 aliphatic carbocycles. The molecule has 0 bridgehead atoms. The second-order valence-electron chi connectivity index (χ2n) is 3.65. The fraction of sp³-hybridized carbons (Fsp3) is 0.167. The fourth-order valence-corrected chi connectivity index (χ4v) is 1.52. The van der Waals surface area contributed by atoms with E-state index < -0.39 is 12.6 Å². The van der Waals surface area contributed by atoms with Crippen LogP contribution in [0.5, 0.6) is 5.75 Å². The highest BCUT2D eigenvalue weighted by molar-refractivity contribution is 5.86. The number of carboxylic acid groups (broad SMARTS) is 1. The zero-order chi connectivity index (χ0) is 14.0. The Morgan fingerprint density at radius 2 is 2.21 bits per heavy atom. The predicted octanol–water partition coefficient (Wildman–Crippen LogP) is 2.95. The van der Waals surface area contributed by atoms with Gasteiger partial charge in [0.05, 0.1) is 5.69 Å². The quantitative estimate of drug-likeness (QED) is 0.923. The number of carboxylic acids is 1. The van der Waals surface area contributed by atoms with Crippen LogP contribution in [0, 0.1) is 6.92 Å². The molecule has 0 fully saturated rings. The highest BCUT2D eigenvalue weighted by Gasteiger charge is 2.17. The Kier molecular flexibility index (Phi) is 3.46. The summed E-state index contributed by atoms with van der Waals surface area (Å²) >= 11 is 0. The van der Waals surface area contributed by atoms with Crippen LogP contribution in [-0.4, -0.2) is 22.7 Å². The first-order valence-corrected chi connectivity index (χ1v) is 5.23. The topological polar surface area (TPSA) is 72.6 Å². The fourth-order valence-electron chi connectivity index (χ4n) is 1.52. The van der Waals surface area contributed by atoms with E-state index in [1.807, 2.05) is 0 Å². The summed E-state index contributed by atoms with van der Waals surface area (Å²) in [5.41, 5.74) is 0.566. The average Bonchev–Trinajstić information content (AvgIpc) is 2.71. The van der Waals surface area contributed by atoms with Crippen LogP contribution in [0.2, 0.25) is 0 Å². The number of benzene rings is 1. The van der Waals surface area contributed by atoms with Crippen molar-refractivity contribution in [2.45, 2.75) is 13.5 Å². The summed E-state index contributed by atoms with van der Waals surface area (Å²) in [5, 5.41) is 8.84. The number of oxazole rings is 1. The van der Waals surface area contributed by atoms with Gasteiger partial charge in [-0.05, 0) is 25.1 Å². The first-order chi connectivity index (χ1) is 8.97. The lowest BCUT2D eigenvalue weighted by molar-refractivity contribution is -0.0498. The number of hydrogen-bond donors (Lipinski definition) is 1. The molecule has 1 heterocycles. The molecule has 0 aliphatic heterocycles. The first kappa shape index (κ1) is 13.0. The maximum absolute atomic E-state index is 12.1. The Morgan fingerprint density at radius 3 is 2.79 bits per heavy atom. The predicted molar refractivity (Wildman–Crippen MR) is 60.3 cm³/mol. The Balaban J connectivity index is 2.36. The van der Waals surface area contributed by atoms with Gasteiger partial charge in [-0.3, -0.25) is 0 Å². The summed E-state index contributed by atoms with van der Waals surface area (Å²) in [7, 11) is 0. The SMILES string of the molecule is Cc1nc(-c2cccc(OC(F)F)c2)oc1C(=O)O. The molecule has 1 aromatic heterocycles. The number of aryl methyl sites for hydroxylation is 1. The molecule has 1 aromatic carbocycles. The van der Waals surface area contributed by atoms with Gasteiger partial charge in [-0.25, -0.2) is 9.78 Å². The minimum atomic E-state index is -2.93. The van der Waals surface area contributed by atoms with E-state index in [0.717, 1.165) is 0 Å². The van der Waals surface area contributed by atoms with Gasteiger partial charge in [0, 0.05) is 5.56 Å². The number of aromatic nitrogens is 1. The van der Waals surface area contributed by atoms with Crippen molar-refractivity contribution >= 4 is 5.97 Å². The molecule has 0 unspecified atom stereocenters. The summed E-state index contributed by atoms with van der Waals surface area (Å²) in [5.74, 6) is -1.54. The van der Waals surface area contributed by atoms with Crippen molar-refractivity contribution in [3.8, 4) is 17.2 Å². The van der Waals surface area contributed by atoms with Gasteiger partial charge in [0.15, 0.2) is 0 Å². The number of hydrogen-bond acceptors (Lipinski definition) is 4. The van der Waals surface area contributed by atoms with E-state index in [2.05, 4.69) is 9.72 Å². The smallest absolute Gasteiger partial charge is 0.387 e. The summed E-state index contributed by atoms with van der Waals surface area (Å²) < 4.78 is 33.5. The van der Waals surface area contributed by atoms with Crippen LogP contribution in [0.3, 0.4) is 0 Å². The Labute approximate surface area is 106 Å². The Hall–Kier alpha value is -2.44. The second kappa shape index (κ2) is 5.05. The van der Waals surface area contributed by atoms with Gasteiger partial charge < -0.3 is 14.3 Å². The lowest BCUT2D eigenvalue weighted by atomic mass is 10.2. The van der Waals surface area contributed by atoms with Crippen molar-refractivity contribution in [1.29, 1.82) is 0 Å². The standard InChI is InChI=1S/C12H9F2NO4/c1-6-9(11(16)17)19-10(15-6)7-3-2-4-8(5-7)18-12(13)14/h2-5,12H,1H3,(H,16,17). The van der Waals surface area contributed by atoms with Gasteiger partial charge in [-0.1, -0.05) is 6.07 Å². The molecular formula is C12H9F2NO4. The molecule has 0 atom stereocenters. The van der Waals surface area contributed by atoms with Crippen LogP contribution in [0.15, 0.2) is 28.7 Å². The van der Waals surface area contributed by atoms with Gasteiger partial charge in [-0.15, -0.1) is 0 Å². The van der Waals surface area contributed by atoms with Crippen molar-refractivity contribution < 1.29 is 27.8 Å². The first-order valence-electron chi connectivity index (χ1n) is 5.23. The molecule has 0 radical (unpaired) electrons. The third-order valence-electron chi connectivity index (χ3n) is 2.30. The van der Waals surface area contributed by atoms with Crippen molar-refractivity contribution in [2.75, 3.05) is 0 Å². The third kappa shape index (κ3) is 2.87. The number of nitrogens with zero attached hydrogens (tertiary/aromatic N) is 1. The summed E-state index contributed by atoms with van der Waals surface area (Å²) in [4.78, 5) is 14.8. The molecule has 100 valence electrons. The number of rotatable bonds is 4. The third-order valence-corrected chi connectivity index (χ3v) is 2.30. The van der Waals surface area contributed by atoms with Gasteiger partial charge in [0.25, 0.3) is 0 Å². The lowest BCUT2D eigenvalue weighted by Crippen LogP contribution is -2.01. The number of aromatic carboxylic acids is 1. The molecule has 0 spiro atoms. The number of halogens is 2. The van der Waals surface area contributed by atoms with Crippen LogP contribution in [0.4, 0.5) is 8.78 Å². The van der Waals surface area contributed by atoms with Crippen LogP contribution in [-0.2, 0) is 0 Å². The average molecular weight is 269 g/mol. The van der Waals surface area contributed by atoms with E-state index in [4.69, 9.17) is 9.52 Å². The second-order valence-corrected chi connectivity index (χ2v) is 3.65. The maximum atomic E-state index is 12.1. The minimum absolute atomic E-state index is 0.0367. The molecule has 19 heavy (non-hydrogen) atoms. The summed E-state index contributed by atoms with van der Waals surface area (Å²) in [6.45, 7) is -1.45. The molecule has 0 saturated heterocycles. The number of ether oxygens (including phenoxy) is 1. The van der Waals surface area contributed by atoms with Gasteiger partial charge in [0.1, 0.15) is 5.75 Å². The van der Waals surface area contributed by atoms with E-state index in [9.17, 15) is 13.6 Å². The highest BCUT2D eigenvalue weighted by atomic mass is 19.3. The normalized spacial score (nSPS) is 10.7. The zero-order valence-electron chi connectivity index (χ0n) is 9.76. The lowest BCUT2D eigenvalue weighted by Gasteiger charge is -2.04. The molecule has 2 rings (SSSR count). The molecular weight excluding hydrogens is 260 g/mol. The van der Waals surface area contributed by atoms with E-state index in [-0.39, 0.29) is 23.1 Å². The molecule has 1 N–H and O–H groups in total. The summed E-state index contributed by atoms with van der Waals surface area (Å²) in [6.07, 6.45) is 0. The van der Waals surface area contributed by atoms with Gasteiger partial charge >= 0.3 is 12.6 Å². The summed E-state index contributed by atoms with van der Waals surface area (Å²) in [6, 6.07) is 5.68. The van der Waals surface area contributed by atoms with E-state index in [1.165, 1.54) is 25.1 Å². The Morgan fingerprint density at radius 1 is 1.47 bits per heavy atom.